The van der Waals surface area contributed by atoms with Crippen LogP contribution >= 0.6 is 11.6 Å². The van der Waals surface area contributed by atoms with Gasteiger partial charge in [0.2, 0.25) is 6.79 Å². The maximum Gasteiger partial charge on any atom is 0.311 e. The number of nitrogens with zero attached hydrogens (tertiary/aromatic N) is 1. The summed E-state index contributed by atoms with van der Waals surface area (Å²) in [7, 11) is 0. The Balaban J connectivity index is 1.85. The third-order valence-corrected chi connectivity index (χ3v) is 5.44. The van der Waals surface area contributed by atoms with E-state index in [4.69, 9.17) is 25.8 Å². The Kier molecular flexibility index (Phi) is 6.21. The van der Waals surface area contributed by atoms with E-state index in [9.17, 15) is 4.79 Å². The molecule has 1 aromatic carbocycles. The number of carbonyl (C=O) groups is 1. The molecule has 150 valence electrons. The van der Waals surface area contributed by atoms with E-state index in [1.54, 1.807) is 0 Å². The minimum atomic E-state index is -0.481. The summed E-state index contributed by atoms with van der Waals surface area (Å²) < 4.78 is 16.7. The van der Waals surface area contributed by atoms with Crippen molar-refractivity contribution in [1.82, 2.24) is 4.90 Å². The third kappa shape index (κ3) is 4.88. The fourth-order valence-corrected chi connectivity index (χ4v) is 4.19. The molecule has 1 aromatic rings. The van der Waals surface area contributed by atoms with E-state index in [2.05, 4.69) is 11.8 Å². The van der Waals surface area contributed by atoms with Crippen LogP contribution in [0, 0.1) is 5.92 Å². The quantitative estimate of drug-likeness (QED) is 0.689. The highest BCUT2D eigenvalue weighted by atomic mass is 35.5. The molecule has 0 aliphatic carbocycles. The lowest BCUT2D eigenvalue weighted by molar-refractivity contribution is -0.164. The Morgan fingerprint density at radius 2 is 2.00 bits per heavy atom. The number of likely N-dealkylation sites (tertiary alicyclic amines) is 1. The van der Waals surface area contributed by atoms with Gasteiger partial charge >= 0.3 is 5.97 Å². The average Bonchev–Trinajstić information content (AvgIpc) is 3.02. The monoisotopic (exact) mass is 395 g/mol. The molecule has 0 N–H and O–H groups in total. The first-order valence-corrected chi connectivity index (χ1v) is 10.2. The van der Waals surface area contributed by atoms with Crippen LogP contribution in [-0.2, 0) is 16.0 Å². The molecule has 2 atom stereocenters. The molecule has 0 aromatic heterocycles. The Hall–Kier alpha value is -1.46. The van der Waals surface area contributed by atoms with E-state index in [-0.39, 0.29) is 24.7 Å². The van der Waals surface area contributed by atoms with Gasteiger partial charge in [-0.2, -0.15) is 0 Å². The van der Waals surface area contributed by atoms with E-state index >= 15 is 0 Å². The van der Waals surface area contributed by atoms with E-state index in [0.717, 1.165) is 43.7 Å². The lowest BCUT2D eigenvalue weighted by atomic mass is 9.84. The normalized spacial score (nSPS) is 22.7. The minimum absolute atomic E-state index is 0.0754. The van der Waals surface area contributed by atoms with Crippen molar-refractivity contribution in [3.8, 4) is 11.5 Å². The van der Waals surface area contributed by atoms with Gasteiger partial charge in [-0.3, -0.25) is 9.69 Å². The van der Waals surface area contributed by atoms with Gasteiger partial charge in [0.25, 0.3) is 0 Å². The zero-order valence-electron chi connectivity index (χ0n) is 16.7. The summed E-state index contributed by atoms with van der Waals surface area (Å²) in [5.74, 6) is 1.15. The predicted octanol–water partition coefficient (Wildman–Crippen LogP) is 4.44. The number of carbonyl (C=O) groups excluding carboxylic acids is 1. The van der Waals surface area contributed by atoms with Gasteiger partial charge in [0.1, 0.15) is 5.60 Å². The summed E-state index contributed by atoms with van der Waals surface area (Å²) in [6.45, 7) is 10.1. The molecule has 6 heteroatoms. The van der Waals surface area contributed by atoms with Crippen LogP contribution in [0.4, 0.5) is 0 Å². The maximum absolute atomic E-state index is 12.9. The van der Waals surface area contributed by atoms with Crippen LogP contribution in [0.3, 0.4) is 0 Å². The predicted molar refractivity (Wildman–Crippen MR) is 106 cm³/mol. The minimum Gasteiger partial charge on any atom is -0.460 e. The third-order valence-electron chi connectivity index (χ3n) is 5.08. The topological polar surface area (TPSA) is 48.0 Å². The molecule has 1 saturated heterocycles. The first-order chi connectivity index (χ1) is 12.8. The number of ether oxygens (including phenoxy) is 3. The van der Waals surface area contributed by atoms with Gasteiger partial charge in [-0.1, -0.05) is 18.5 Å². The molecule has 0 spiro atoms. The number of halogens is 1. The smallest absolute Gasteiger partial charge is 0.311 e. The van der Waals surface area contributed by atoms with E-state index in [1.807, 2.05) is 32.9 Å². The van der Waals surface area contributed by atoms with Crippen molar-refractivity contribution in [3.63, 3.8) is 0 Å². The Labute approximate surface area is 166 Å². The summed E-state index contributed by atoms with van der Waals surface area (Å²) >= 11 is 6.52. The largest absolute Gasteiger partial charge is 0.460 e. The Bertz CT molecular complexity index is 683. The molecule has 27 heavy (non-hydrogen) atoms. The second kappa shape index (κ2) is 8.27. The van der Waals surface area contributed by atoms with Crippen LogP contribution in [0.15, 0.2) is 12.1 Å². The van der Waals surface area contributed by atoms with Crippen LogP contribution in [0.5, 0.6) is 11.5 Å². The molecular weight excluding hydrogens is 366 g/mol. The number of hydrogen-bond acceptors (Lipinski definition) is 5. The average molecular weight is 396 g/mol. The van der Waals surface area contributed by atoms with Crippen LogP contribution in [0.25, 0.3) is 0 Å². The van der Waals surface area contributed by atoms with Gasteiger partial charge in [-0.25, -0.2) is 0 Å². The summed E-state index contributed by atoms with van der Waals surface area (Å²) in [5.41, 5.74) is 0.507. The molecule has 0 radical (unpaired) electrons. The second-order valence-corrected chi connectivity index (χ2v) is 8.79. The molecule has 5 nitrogen and oxygen atoms in total. The molecule has 1 fully saturated rings. The standard InChI is InChI=1S/C21H30ClNO4/c1-5-8-23-9-6-7-15(20(24)27-21(2,3)4)17(23)10-14-11-18-19(12-16(14)22)26-13-25-18/h11-12,15,17H,5-10,13H2,1-4H3/t15-,17?/m1/s1. The number of benzene rings is 1. The van der Waals surface area contributed by atoms with Gasteiger partial charge in [-0.05, 0) is 71.2 Å². The zero-order chi connectivity index (χ0) is 19.6. The molecule has 2 heterocycles. The van der Waals surface area contributed by atoms with Crippen LogP contribution in [0.1, 0.15) is 52.5 Å². The van der Waals surface area contributed by atoms with E-state index in [1.165, 1.54) is 0 Å². The van der Waals surface area contributed by atoms with Gasteiger partial charge in [0.15, 0.2) is 11.5 Å². The SMILES string of the molecule is CCCN1CCC[C@@H](C(=O)OC(C)(C)C)C1Cc1cc2c(cc1Cl)OCO2. The van der Waals surface area contributed by atoms with Crippen LogP contribution in [0.2, 0.25) is 5.02 Å². The van der Waals surface area contributed by atoms with Crippen molar-refractivity contribution < 1.29 is 19.0 Å². The van der Waals surface area contributed by atoms with Gasteiger partial charge in [0, 0.05) is 17.1 Å². The Morgan fingerprint density at radius 1 is 1.30 bits per heavy atom. The lowest BCUT2D eigenvalue weighted by Crippen LogP contribution is -2.50. The molecular formula is C21H30ClNO4. The highest BCUT2D eigenvalue weighted by Crippen LogP contribution is 2.39. The zero-order valence-corrected chi connectivity index (χ0v) is 17.5. The first-order valence-electron chi connectivity index (χ1n) is 9.83. The number of esters is 1. The summed E-state index contributed by atoms with van der Waals surface area (Å²) in [4.78, 5) is 15.3. The van der Waals surface area contributed by atoms with Crippen LogP contribution in [-0.4, -0.2) is 42.4 Å². The maximum atomic E-state index is 12.9. The summed E-state index contributed by atoms with van der Waals surface area (Å²) in [5, 5.41) is 0.657. The van der Waals surface area contributed by atoms with Gasteiger partial charge in [-0.15, -0.1) is 0 Å². The van der Waals surface area contributed by atoms with Crippen molar-refractivity contribution in [3.05, 3.63) is 22.7 Å². The summed E-state index contributed by atoms with van der Waals surface area (Å²) in [6.07, 6.45) is 3.60. The van der Waals surface area contributed by atoms with E-state index < -0.39 is 5.60 Å². The fraction of sp³-hybridized carbons (Fsp3) is 0.667. The van der Waals surface area contributed by atoms with Crippen LogP contribution < -0.4 is 9.47 Å². The second-order valence-electron chi connectivity index (χ2n) is 8.39. The number of piperidine rings is 1. The van der Waals surface area contributed by atoms with Crippen molar-refractivity contribution in [2.24, 2.45) is 5.92 Å². The van der Waals surface area contributed by atoms with Crippen molar-refractivity contribution in [2.75, 3.05) is 19.9 Å². The first kappa shape index (κ1) is 20.3. The number of fused-ring (bicyclic) bond motifs is 1. The highest BCUT2D eigenvalue weighted by Gasteiger charge is 2.38. The molecule has 0 amide bonds. The summed E-state index contributed by atoms with van der Waals surface area (Å²) in [6, 6.07) is 3.84. The van der Waals surface area contributed by atoms with Crippen molar-refractivity contribution in [2.45, 2.75) is 65.0 Å². The van der Waals surface area contributed by atoms with Crippen molar-refractivity contribution in [1.29, 1.82) is 0 Å². The molecule has 0 bridgehead atoms. The van der Waals surface area contributed by atoms with Crippen molar-refractivity contribution >= 4 is 17.6 Å². The molecule has 2 aliphatic rings. The number of hydrogen-bond donors (Lipinski definition) is 0. The van der Waals surface area contributed by atoms with Gasteiger partial charge < -0.3 is 14.2 Å². The Morgan fingerprint density at radius 3 is 2.67 bits per heavy atom. The molecule has 3 rings (SSSR count). The number of rotatable bonds is 5. The molecule has 2 aliphatic heterocycles. The van der Waals surface area contributed by atoms with E-state index in [0.29, 0.717) is 17.2 Å². The van der Waals surface area contributed by atoms with Gasteiger partial charge in [0.05, 0.1) is 5.92 Å². The lowest BCUT2D eigenvalue weighted by Gasteiger charge is -2.41. The molecule has 1 unspecified atom stereocenters. The fourth-order valence-electron chi connectivity index (χ4n) is 3.96. The molecule has 0 saturated carbocycles. The highest BCUT2D eigenvalue weighted by molar-refractivity contribution is 6.31.